The van der Waals surface area contributed by atoms with Gasteiger partial charge >= 0.3 is 5.97 Å². The molecule has 2 aliphatic rings. The minimum Gasteiger partial charge on any atom is -0.497 e. The first-order chi connectivity index (χ1) is 16.8. The lowest BCUT2D eigenvalue weighted by Gasteiger charge is -2.18. The third-order valence-electron chi connectivity index (χ3n) is 8.50. The highest BCUT2D eigenvalue weighted by atomic mass is 16.5. The quantitative estimate of drug-likeness (QED) is 0.348. The van der Waals surface area contributed by atoms with Crippen molar-refractivity contribution in [3.63, 3.8) is 0 Å². The molecule has 1 atom stereocenters. The minimum absolute atomic E-state index is 0.0871. The van der Waals surface area contributed by atoms with Gasteiger partial charge in [-0.2, -0.15) is 0 Å². The van der Waals surface area contributed by atoms with Crippen LogP contribution in [0.4, 0.5) is 0 Å². The Kier molecular flexibility index (Phi) is 6.21. The molecule has 1 unspecified atom stereocenters. The molecular weight excluding hydrogens is 432 g/mol. The predicted molar refractivity (Wildman–Crippen MR) is 141 cm³/mol. The number of benzene rings is 3. The van der Waals surface area contributed by atoms with Crippen molar-refractivity contribution in [3.8, 4) is 16.9 Å². The van der Waals surface area contributed by atoms with Crippen molar-refractivity contribution in [1.29, 1.82) is 0 Å². The van der Waals surface area contributed by atoms with Crippen molar-refractivity contribution < 1.29 is 14.3 Å². The third kappa shape index (κ3) is 4.37. The molecule has 1 spiro atoms. The van der Waals surface area contributed by atoms with Gasteiger partial charge in [-0.05, 0) is 120 Å². The number of ether oxygens (including phenoxy) is 2. The maximum Gasteiger partial charge on any atom is 0.306 e. The second-order valence-electron chi connectivity index (χ2n) is 10.6. The standard InChI is InChI=1S/C32H36O3/c1-20-15-26(34-4)16-21(2)31(20)27-8-6-7-24(22(27)3)11-9-23-10-12-28-25(17-23)19-32(13-14-32)29(28)18-30(33)35-5/h6-8,10,12,15-17,29H,9,11,13-14,18-19H2,1-5H3. The molecule has 3 aromatic carbocycles. The molecule has 35 heavy (non-hydrogen) atoms. The van der Waals surface area contributed by atoms with E-state index in [9.17, 15) is 4.79 Å². The van der Waals surface area contributed by atoms with Gasteiger partial charge in [-0.3, -0.25) is 4.79 Å². The summed E-state index contributed by atoms with van der Waals surface area (Å²) in [6, 6.07) is 17.9. The Morgan fingerprint density at radius 1 is 0.971 bits per heavy atom. The number of esters is 1. The lowest BCUT2D eigenvalue weighted by Crippen LogP contribution is -2.14. The summed E-state index contributed by atoms with van der Waals surface area (Å²) < 4.78 is 10.5. The van der Waals surface area contributed by atoms with Crippen LogP contribution in [0.1, 0.15) is 64.1 Å². The number of hydrogen-bond acceptors (Lipinski definition) is 3. The van der Waals surface area contributed by atoms with Crippen LogP contribution in [0.25, 0.3) is 11.1 Å². The number of hydrogen-bond donors (Lipinski definition) is 0. The average Bonchev–Trinajstić information content (AvgIpc) is 3.55. The number of aryl methyl sites for hydroxylation is 4. The Bertz CT molecular complexity index is 1260. The van der Waals surface area contributed by atoms with E-state index in [0.717, 1.165) is 25.0 Å². The van der Waals surface area contributed by atoms with Gasteiger partial charge in [-0.1, -0.05) is 36.4 Å². The largest absolute Gasteiger partial charge is 0.497 e. The van der Waals surface area contributed by atoms with Crippen LogP contribution in [0.15, 0.2) is 48.5 Å². The van der Waals surface area contributed by atoms with Crippen molar-refractivity contribution >= 4 is 5.97 Å². The summed E-state index contributed by atoms with van der Waals surface area (Å²) in [5, 5.41) is 0. The molecular formula is C32H36O3. The topological polar surface area (TPSA) is 35.5 Å². The normalized spacial score (nSPS) is 17.3. The van der Waals surface area contributed by atoms with E-state index in [0.29, 0.717) is 17.8 Å². The van der Waals surface area contributed by atoms with Crippen LogP contribution in [-0.2, 0) is 28.8 Å². The van der Waals surface area contributed by atoms with Crippen LogP contribution in [-0.4, -0.2) is 20.2 Å². The van der Waals surface area contributed by atoms with Crippen molar-refractivity contribution in [2.45, 2.75) is 65.2 Å². The van der Waals surface area contributed by atoms with Crippen molar-refractivity contribution in [2.24, 2.45) is 5.41 Å². The van der Waals surface area contributed by atoms with Gasteiger partial charge in [0.15, 0.2) is 0 Å². The molecule has 0 aromatic heterocycles. The monoisotopic (exact) mass is 468 g/mol. The predicted octanol–water partition coefficient (Wildman–Crippen LogP) is 7.06. The van der Waals surface area contributed by atoms with Gasteiger partial charge < -0.3 is 9.47 Å². The Morgan fingerprint density at radius 3 is 2.37 bits per heavy atom. The summed E-state index contributed by atoms with van der Waals surface area (Å²) in [5.41, 5.74) is 12.4. The number of fused-ring (bicyclic) bond motifs is 1. The summed E-state index contributed by atoms with van der Waals surface area (Å²) in [4.78, 5) is 12.0. The average molecular weight is 469 g/mol. The van der Waals surface area contributed by atoms with Gasteiger partial charge in [0.1, 0.15) is 5.75 Å². The van der Waals surface area contributed by atoms with Gasteiger partial charge in [-0.15, -0.1) is 0 Å². The zero-order valence-corrected chi connectivity index (χ0v) is 21.7. The highest BCUT2D eigenvalue weighted by molar-refractivity contribution is 5.75. The van der Waals surface area contributed by atoms with E-state index in [1.54, 1.807) is 7.11 Å². The lowest BCUT2D eigenvalue weighted by molar-refractivity contribution is -0.141. The smallest absolute Gasteiger partial charge is 0.306 e. The highest BCUT2D eigenvalue weighted by Crippen LogP contribution is 2.64. The SMILES string of the molecule is COC(=O)CC1c2ccc(CCc3cccc(-c4c(C)cc(OC)cc4C)c3C)cc2CC12CC2. The summed E-state index contributed by atoms with van der Waals surface area (Å²) in [6.45, 7) is 6.59. The van der Waals surface area contributed by atoms with Gasteiger partial charge in [0, 0.05) is 5.92 Å². The van der Waals surface area contributed by atoms with Crippen LogP contribution in [0.2, 0.25) is 0 Å². The first-order valence-electron chi connectivity index (χ1n) is 12.8. The molecule has 0 saturated heterocycles. The zero-order valence-electron chi connectivity index (χ0n) is 21.7. The number of rotatable bonds is 7. The molecule has 3 heteroatoms. The minimum atomic E-state index is -0.0871. The van der Waals surface area contributed by atoms with Gasteiger partial charge in [0.25, 0.3) is 0 Å². The van der Waals surface area contributed by atoms with Crippen LogP contribution in [0.3, 0.4) is 0 Å². The Labute approximate surface area is 209 Å². The second-order valence-corrected chi connectivity index (χ2v) is 10.6. The number of carbonyl (C=O) groups is 1. The molecule has 0 amide bonds. The van der Waals surface area contributed by atoms with Crippen molar-refractivity contribution in [3.05, 3.63) is 87.5 Å². The van der Waals surface area contributed by atoms with E-state index >= 15 is 0 Å². The Balaban J connectivity index is 1.36. The number of methoxy groups -OCH3 is 2. The van der Waals surface area contributed by atoms with E-state index in [1.807, 2.05) is 0 Å². The fourth-order valence-corrected chi connectivity index (χ4v) is 6.37. The fourth-order valence-electron chi connectivity index (χ4n) is 6.37. The van der Waals surface area contributed by atoms with E-state index in [2.05, 4.69) is 69.3 Å². The molecule has 0 radical (unpaired) electrons. The maximum absolute atomic E-state index is 12.0. The molecule has 5 rings (SSSR count). The molecule has 3 aromatic rings. The molecule has 3 nitrogen and oxygen atoms in total. The first kappa shape index (κ1) is 23.7. The van der Waals surface area contributed by atoms with E-state index < -0.39 is 0 Å². The molecule has 0 bridgehead atoms. The molecule has 1 saturated carbocycles. The van der Waals surface area contributed by atoms with Crippen molar-refractivity contribution in [2.75, 3.05) is 14.2 Å². The van der Waals surface area contributed by atoms with E-state index in [-0.39, 0.29) is 5.97 Å². The highest BCUT2D eigenvalue weighted by Gasteiger charge is 2.54. The van der Waals surface area contributed by atoms with Crippen LogP contribution in [0, 0.1) is 26.2 Å². The summed E-state index contributed by atoms with van der Waals surface area (Å²) in [7, 11) is 3.22. The van der Waals surface area contributed by atoms with E-state index in [1.165, 1.54) is 70.0 Å². The molecule has 1 fully saturated rings. The Hall–Kier alpha value is -3.07. The Morgan fingerprint density at radius 2 is 1.71 bits per heavy atom. The lowest BCUT2D eigenvalue weighted by atomic mass is 9.86. The van der Waals surface area contributed by atoms with Gasteiger partial charge in [0.2, 0.25) is 0 Å². The first-order valence-corrected chi connectivity index (χ1v) is 12.8. The molecule has 182 valence electrons. The van der Waals surface area contributed by atoms with Crippen LogP contribution in [0.5, 0.6) is 5.75 Å². The maximum atomic E-state index is 12.0. The van der Waals surface area contributed by atoms with Gasteiger partial charge in [0.05, 0.1) is 20.6 Å². The van der Waals surface area contributed by atoms with Crippen LogP contribution < -0.4 is 4.74 Å². The zero-order chi connectivity index (χ0) is 24.7. The fraction of sp³-hybridized carbons (Fsp3) is 0.406. The molecule has 0 aliphatic heterocycles. The number of carbonyl (C=O) groups excluding carboxylic acids is 1. The summed E-state index contributed by atoms with van der Waals surface area (Å²) in [6.07, 6.45) is 6.13. The molecule has 0 N–H and O–H groups in total. The van der Waals surface area contributed by atoms with E-state index in [4.69, 9.17) is 9.47 Å². The molecule has 2 aliphatic carbocycles. The third-order valence-corrected chi connectivity index (χ3v) is 8.50. The summed E-state index contributed by atoms with van der Waals surface area (Å²) >= 11 is 0. The van der Waals surface area contributed by atoms with Crippen LogP contribution >= 0.6 is 0 Å². The van der Waals surface area contributed by atoms with Crippen molar-refractivity contribution in [1.82, 2.24) is 0 Å². The second kappa shape index (κ2) is 9.18. The van der Waals surface area contributed by atoms with Gasteiger partial charge in [-0.25, -0.2) is 0 Å². The molecule has 0 heterocycles. The summed E-state index contributed by atoms with van der Waals surface area (Å²) in [5.74, 6) is 1.15.